The average molecular weight is 217 g/mol. The summed E-state index contributed by atoms with van der Waals surface area (Å²) in [4.78, 5) is 11.5. The van der Waals surface area contributed by atoms with Crippen LogP contribution in [0.25, 0.3) is 0 Å². The highest BCUT2D eigenvalue weighted by molar-refractivity contribution is 6.06. The summed E-state index contributed by atoms with van der Waals surface area (Å²) in [5, 5.41) is 4.08. The molecule has 0 saturated heterocycles. The third kappa shape index (κ3) is 1.91. The maximum atomic E-state index is 11.5. The summed E-state index contributed by atoms with van der Waals surface area (Å²) in [6.45, 7) is 3.81. The van der Waals surface area contributed by atoms with Crippen molar-refractivity contribution in [2.75, 3.05) is 5.73 Å². The molecule has 0 saturated carbocycles. The molecule has 16 heavy (non-hydrogen) atoms. The fourth-order valence-electron chi connectivity index (χ4n) is 1.69. The molecule has 1 aromatic rings. The van der Waals surface area contributed by atoms with Crippen molar-refractivity contribution in [3.63, 3.8) is 0 Å². The van der Waals surface area contributed by atoms with Gasteiger partial charge in [-0.05, 0) is 17.7 Å². The molecule has 3 N–H and O–H groups in total. The van der Waals surface area contributed by atoms with Crippen LogP contribution in [-0.4, -0.2) is 11.6 Å². The van der Waals surface area contributed by atoms with E-state index in [4.69, 9.17) is 5.73 Å². The second-order valence-electron chi connectivity index (χ2n) is 4.69. The summed E-state index contributed by atoms with van der Waals surface area (Å²) < 4.78 is 0. The van der Waals surface area contributed by atoms with E-state index < -0.39 is 5.41 Å². The smallest absolute Gasteiger partial charge is 0.246 e. The van der Waals surface area contributed by atoms with Gasteiger partial charge in [0.25, 0.3) is 0 Å². The Kier molecular flexibility index (Phi) is 2.42. The SMILES string of the molecule is CC1(C)CC(c2cccc(N)c2)=NNC1=O. The van der Waals surface area contributed by atoms with Crippen LogP contribution in [0.2, 0.25) is 0 Å². The first-order valence-corrected chi connectivity index (χ1v) is 5.22. The molecule has 1 heterocycles. The predicted octanol–water partition coefficient (Wildman–Crippen LogP) is 1.52. The Labute approximate surface area is 94.5 Å². The molecule has 0 unspecified atom stereocenters. The van der Waals surface area contributed by atoms with Crippen LogP contribution in [0, 0.1) is 5.41 Å². The number of hydrazone groups is 1. The van der Waals surface area contributed by atoms with E-state index in [0.717, 1.165) is 11.3 Å². The number of nitrogens with one attached hydrogen (secondary N) is 1. The molecular formula is C12H15N3O. The summed E-state index contributed by atoms with van der Waals surface area (Å²) in [6.07, 6.45) is 0.627. The second-order valence-corrected chi connectivity index (χ2v) is 4.69. The molecule has 0 fully saturated rings. The zero-order chi connectivity index (χ0) is 11.8. The molecule has 0 radical (unpaired) electrons. The number of nitrogens with two attached hydrogens (primary N) is 1. The molecule has 1 aromatic carbocycles. The highest BCUT2D eigenvalue weighted by Crippen LogP contribution is 2.26. The van der Waals surface area contributed by atoms with E-state index in [0.29, 0.717) is 12.1 Å². The van der Waals surface area contributed by atoms with Gasteiger partial charge in [-0.25, -0.2) is 5.43 Å². The molecule has 4 heteroatoms. The lowest BCUT2D eigenvalue weighted by atomic mass is 9.83. The zero-order valence-electron chi connectivity index (χ0n) is 9.45. The van der Waals surface area contributed by atoms with Gasteiger partial charge in [-0.2, -0.15) is 5.10 Å². The Morgan fingerprint density at radius 2 is 2.19 bits per heavy atom. The second kappa shape index (κ2) is 3.63. The van der Waals surface area contributed by atoms with Crippen molar-refractivity contribution in [2.24, 2.45) is 10.5 Å². The molecule has 0 aromatic heterocycles. The maximum Gasteiger partial charge on any atom is 0.246 e. The summed E-state index contributed by atoms with van der Waals surface area (Å²) in [7, 11) is 0. The van der Waals surface area contributed by atoms with E-state index in [2.05, 4.69) is 10.5 Å². The van der Waals surface area contributed by atoms with Gasteiger partial charge < -0.3 is 5.73 Å². The quantitative estimate of drug-likeness (QED) is 0.700. The van der Waals surface area contributed by atoms with Gasteiger partial charge >= 0.3 is 0 Å². The molecule has 0 spiro atoms. The number of hydrogen-bond acceptors (Lipinski definition) is 3. The number of nitrogens with zero attached hydrogens (tertiary/aromatic N) is 1. The van der Waals surface area contributed by atoms with Gasteiger partial charge in [0.2, 0.25) is 5.91 Å². The van der Waals surface area contributed by atoms with Crippen molar-refractivity contribution >= 4 is 17.3 Å². The van der Waals surface area contributed by atoms with Crippen LogP contribution in [0.4, 0.5) is 5.69 Å². The van der Waals surface area contributed by atoms with Gasteiger partial charge in [0.1, 0.15) is 0 Å². The van der Waals surface area contributed by atoms with Crippen LogP contribution in [0.1, 0.15) is 25.8 Å². The minimum Gasteiger partial charge on any atom is -0.399 e. The van der Waals surface area contributed by atoms with Crippen LogP contribution in [0.15, 0.2) is 29.4 Å². The summed E-state index contributed by atoms with van der Waals surface area (Å²) in [5.74, 6) is -0.0415. The first kappa shape index (κ1) is 10.7. The van der Waals surface area contributed by atoms with E-state index in [1.165, 1.54) is 0 Å². The molecule has 0 atom stereocenters. The molecule has 2 rings (SSSR count). The highest BCUT2D eigenvalue weighted by atomic mass is 16.2. The van der Waals surface area contributed by atoms with Gasteiger partial charge in [0.15, 0.2) is 0 Å². The first-order valence-electron chi connectivity index (χ1n) is 5.22. The topological polar surface area (TPSA) is 67.5 Å². The third-order valence-corrected chi connectivity index (χ3v) is 2.74. The summed E-state index contributed by atoms with van der Waals surface area (Å²) in [5.41, 5.74) is 10.4. The van der Waals surface area contributed by atoms with Crippen LogP contribution in [-0.2, 0) is 4.79 Å². The minimum atomic E-state index is -0.415. The van der Waals surface area contributed by atoms with Gasteiger partial charge in [0.05, 0.1) is 11.1 Å². The number of nitrogen functional groups attached to an aromatic ring is 1. The molecule has 84 valence electrons. The average Bonchev–Trinajstić information content (AvgIpc) is 2.22. The Bertz CT molecular complexity index is 463. The molecular weight excluding hydrogens is 202 g/mol. The molecule has 0 bridgehead atoms. The lowest BCUT2D eigenvalue weighted by molar-refractivity contribution is -0.129. The maximum absolute atomic E-state index is 11.5. The van der Waals surface area contributed by atoms with E-state index in [1.807, 2.05) is 38.1 Å². The molecule has 0 aliphatic carbocycles. The molecule has 1 aliphatic heterocycles. The van der Waals surface area contributed by atoms with Crippen LogP contribution in [0.3, 0.4) is 0 Å². The van der Waals surface area contributed by atoms with E-state index in [9.17, 15) is 4.79 Å². The number of carbonyl (C=O) groups is 1. The van der Waals surface area contributed by atoms with Crippen LogP contribution < -0.4 is 11.2 Å². The molecule has 1 aliphatic rings. The molecule has 4 nitrogen and oxygen atoms in total. The third-order valence-electron chi connectivity index (χ3n) is 2.74. The van der Waals surface area contributed by atoms with Crippen LogP contribution in [0.5, 0.6) is 0 Å². The Hall–Kier alpha value is -1.84. The normalized spacial score (nSPS) is 18.9. The number of amides is 1. The molecule has 1 amide bonds. The van der Waals surface area contributed by atoms with Crippen molar-refractivity contribution in [1.29, 1.82) is 0 Å². The van der Waals surface area contributed by atoms with E-state index in [-0.39, 0.29) is 5.91 Å². The number of carbonyl (C=O) groups excluding carboxylic acids is 1. The van der Waals surface area contributed by atoms with Crippen molar-refractivity contribution < 1.29 is 4.79 Å². The Balaban J connectivity index is 2.33. The predicted molar refractivity (Wildman–Crippen MR) is 63.9 cm³/mol. The van der Waals surface area contributed by atoms with Crippen molar-refractivity contribution in [3.8, 4) is 0 Å². The largest absolute Gasteiger partial charge is 0.399 e. The summed E-state index contributed by atoms with van der Waals surface area (Å²) >= 11 is 0. The fourth-order valence-corrected chi connectivity index (χ4v) is 1.69. The van der Waals surface area contributed by atoms with Crippen LogP contribution >= 0.6 is 0 Å². The Morgan fingerprint density at radius 1 is 1.44 bits per heavy atom. The minimum absolute atomic E-state index is 0.0415. The van der Waals surface area contributed by atoms with Gasteiger partial charge in [-0.3, -0.25) is 4.79 Å². The standard InChI is InChI=1S/C12H15N3O/c1-12(2)7-10(14-15-11(12)16)8-4-3-5-9(13)6-8/h3-6H,7,13H2,1-2H3,(H,15,16). The van der Waals surface area contributed by atoms with Gasteiger partial charge in [-0.1, -0.05) is 26.0 Å². The van der Waals surface area contributed by atoms with Gasteiger partial charge in [-0.15, -0.1) is 0 Å². The highest BCUT2D eigenvalue weighted by Gasteiger charge is 2.33. The number of benzene rings is 1. The Morgan fingerprint density at radius 3 is 2.81 bits per heavy atom. The zero-order valence-corrected chi connectivity index (χ0v) is 9.45. The first-order chi connectivity index (χ1) is 7.49. The lowest BCUT2D eigenvalue weighted by Gasteiger charge is -2.27. The number of rotatable bonds is 1. The van der Waals surface area contributed by atoms with Gasteiger partial charge in [0, 0.05) is 12.1 Å². The lowest BCUT2D eigenvalue weighted by Crippen LogP contribution is -2.40. The fraction of sp³-hybridized carbons (Fsp3) is 0.333. The number of hydrogen-bond donors (Lipinski definition) is 2. The van der Waals surface area contributed by atoms with Crippen molar-refractivity contribution in [2.45, 2.75) is 20.3 Å². The van der Waals surface area contributed by atoms with Crippen molar-refractivity contribution in [1.82, 2.24) is 5.43 Å². The monoisotopic (exact) mass is 217 g/mol. The number of anilines is 1. The van der Waals surface area contributed by atoms with E-state index >= 15 is 0 Å². The van der Waals surface area contributed by atoms with Crippen molar-refractivity contribution in [3.05, 3.63) is 29.8 Å². The summed E-state index contributed by atoms with van der Waals surface area (Å²) in [6, 6.07) is 7.53. The van der Waals surface area contributed by atoms with E-state index in [1.54, 1.807) is 0 Å².